The fraction of sp³-hybridized carbons (Fsp3) is 0. The first-order valence-electron chi connectivity index (χ1n) is 14.9. The van der Waals surface area contributed by atoms with Crippen LogP contribution < -0.4 is 43.3 Å². The Bertz CT molecular complexity index is 2030. The van der Waals surface area contributed by atoms with Crippen LogP contribution in [0.2, 0.25) is 0 Å². The lowest BCUT2D eigenvalue weighted by Gasteiger charge is -2.27. The van der Waals surface area contributed by atoms with Crippen molar-refractivity contribution in [1.29, 1.82) is 0 Å². The third-order valence-corrected chi connectivity index (χ3v) is 17.9. The summed E-state index contributed by atoms with van der Waals surface area (Å²) in [7, 11) is 0. The van der Waals surface area contributed by atoms with E-state index in [1.807, 2.05) is 109 Å². The zero-order valence-corrected chi connectivity index (χ0v) is 28.5. The van der Waals surface area contributed by atoms with Crippen molar-refractivity contribution in [2.45, 2.75) is 0 Å². The SMILES string of the molecule is N/C=C(\N=C(/N)c1ccccc1P(=S)(c1ccccc1)c1ccccc1)c1ccccc1P(=S)(c1ccccc1)c1ccccc1. The van der Waals surface area contributed by atoms with Crippen LogP contribution in [0.3, 0.4) is 0 Å². The van der Waals surface area contributed by atoms with E-state index in [4.69, 9.17) is 40.1 Å². The quantitative estimate of drug-likeness (QED) is 0.115. The summed E-state index contributed by atoms with van der Waals surface area (Å²) < 4.78 is 0. The summed E-state index contributed by atoms with van der Waals surface area (Å²) in [5, 5.41) is 6.34. The van der Waals surface area contributed by atoms with E-state index < -0.39 is 12.1 Å². The topological polar surface area (TPSA) is 64.4 Å². The molecule has 0 unspecified atom stereocenters. The van der Waals surface area contributed by atoms with E-state index in [9.17, 15) is 0 Å². The van der Waals surface area contributed by atoms with E-state index in [1.54, 1.807) is 0 Å². The summed E-state index contributed by atoms with van der Waals surface area (Å²) in [5.41, 5.74) is 15.5. The number of nitrogens with two attached hydrogens (primary N) is 2. The van der Waals surface area contributed by atoms with Gasteiger partial charge in [0.05, 0.1) is 5.70 Å². The van der Waals surface area contributed by atoms with Crippen molar-refractivity contribution in [2.24, 2.45) is 16.5 Å². The van der Waals surface area contributed by atoms with Crippen molar-refractivity contribution < 1.29 is 0 Å². The van der Waals surface area contributed by atoms with Gasteiger partial charge in [0, 0.05) is 40.0 Å². The van der Waals surface area contributed by atoms with Crippen molar-refractivity contribution in [1.82, 2.24) is 0 Å². The molecular weight excluding hydrogens is 637 g/mol. The van der Waals surface area contributed by atoms with Gasteiger partial charge in [0.15, 0.2) is 0 Å². The fourth-order valence-electron chi connectivity index (χ4n) is 5.71. The molecule has 3 nitrogen and oxygen atoms in total. The van der Waals surface area contributed by atoms with Gasteiger partial charge in [0.2, 0.25) is 0 Å². The highest BCUT2D eigenvalue weighted by molar-refractivity contribution is 8.26. The maximum absolute atomic E-state index is 6.95. The molecule has 0 saturated heterocycles. The van der Waals surface area contributed by atoms with E-state index in [1.165, 1.54) is 6.20 Å². The molecular formula is C39H33N3P2S2. The number of rotatable bonds is 9. The summed E-state index contributed by atoms with van der Waals surface area (Å²) in [6.07, 6.45) is 1.52. The Hall–Kier alpha value is -4.37. The van der Waals surface area contributed by atoms with E-state index >= 15 is 0 Å². The van der Waals surface area contributed by atoms with E-state index in [0.717, 1.165) is 43.0 Å². The predicted octanol–water partition coefficient (Wildman–Crippen LogP) is 5.86. The van der Waals surface area contributed by atoms with E-state index in [-0.39, 0.29) is 0 Å². The first-order chi connectivity index (χ1) is 22.5. The Balaban J connectivity index is 1.52. The minimum atomic E-state index is -2.50. The summed E-state index contributed by atoms with van der Waals surface area (Å²) in [5.74, 6) is 0.343. The first kappa shape index (κ1) is 31.6. The molecule has 0 spiro atoms. The van der Waals surface area contributed by atoms with Gasteiger partial charge in [-0.05, 0) is 21.2 Å². The molecule has 6 aromatic rings. The predicted molar refractivity (Wildman–Crippen MR) is 208 cm³/mol. The third-order valence-electron chi connectivity index (χ3n) is 7.92. The number of amidine groups is 1. The maximum Gasteiger partial charge on any atom is 0.132 e. The van der Waals surface area contributed by atoms with Crippen molar-refractivity contribution in [3.63, 3.8) is 0 Å². The lowest BCUT2D eigenvalue weighted by atomic mass is 10.1. The molecule has 4 N–H and O–H groups in total. The zero-order valence-electron chi connectivity index (χ0n) is 25.1. The molecule has 0 atom stereocenters. The molecule has 0 fully saturated rings. The molecule has 0 aliphatic rings. The standard InChI is InChI=1S/C39H33N3P2S2/c40-29-36(34-25-13-15-27-37(34)43(45,30-17-5-1-6-18-30)31-19-7-2-8-20-31)42-39(41)35-26-14-16-28-38(35)44(46,32-21-9-3-10-22-32)33-23-11-4-12-24-33/h1-29H,40H2,(H2,41,42)/b36-29-. The molecule has 0 aliphatic heterocycles. The molecule has 0 aliphatic carbocycles. The minimum Gasteiger partial charge on any atom is -0.403 e. The average Bonchev–Trinajstić information content (AvgIpc) is 3.14. The Morgan fingerprint density at radius 1 is 0.457 bits per heavy atom. The van der Waals surface area contributed by atoms with Crippen LogP contribution in [0.1, 0.15) is 11.1 Å². The number of aliphatic imine (C=N–C) groups is 1. The van der Waals surface area contributed by atoms with Crippen LogP contribution in [0.4, 0.5) is 0 Å². The highest BCUT2D eigenvalue weighted by atomic mass is 32.4. The number of nitrogens with zero attached hydrogens (tertiary/aromatic N) is 1. The summed E-state index contributed by atoms with van der Waals surface area (Å²) in [6, 6.07) is 52.5. The largest absolute Gasteiger partial charge is 0.403 e. The van der Waals surface area contributed by atoms with Gasteiger partial charge in [-0.25, -0.2) is 4.99 Å². The molecule has 0 heterocycles. The highest BCUT2D eigenvalue weighted by Crippen LogP contribution is 2.45. The van der Waals surface area contributed by atoms with Gasteiger partial charge in [-0.15, -0.1) is 0 Å². The van der Waals surface area contributed by atoms with Gasteiger partial charge in [0.1, 0.15) is 5.84 Å². The maximum atomic E-state index is 6.95. The van der Waals surface area contributed by atoms with Crippen molar-refractivity contribution in [3.8, 4) is 0 Å². The van der Waals surface area contributed by atoms with Crippen LogP contribution in [-0.4, -0.2) is 5.84 Å². The second-order valence-electron chi connectivity index (χ2n) is 10.6. The molecule has 7 heteroatoms. The summed E-state index contributed by atoms with van der Waals surface area (Å²) in [4.78, 5) is 5.03. The average molecular weight is 670 g/mol. The minimum absolute atomic E-state index is 0.343. The lowest BCUT2D eigenvalue weighted by molar-refractivity contribution is 1.43. The van der Waals surface area contributed by atoms with Crippen LogP contribution in [0.15, 0.2) is 181 Å². The second kappa shape index (κ2) is 14.0. The number of hydrogen-bond acceptors (Lipinski definition) is 4. The summed E-state index contributed by atoms with van der Waals surface area (Å²) in [6.45, 7) is 0. The Kier molecular flexibility index (Phi) is 9.59. The van der Waals surface area contributed by atoms with E-state index in [0.29, 0.717) is 11.5 Å². The van der Waals surface area contributed by atoms with Crippen LogP contribution in [-0.2, 0) is 23.6 Å². The highest BCUT2D eigenvalue weighted by Gasteiger charge is 2.30. The zero-order chi connectivity index (χ0) is 32.0. The van der Waals surface area contributed by atoms with Gasteiger partial charge in [-0.2, -0.15) is 0 Å². The van der Waals surface area contributed by atoms with Gasteiger partial charge in [0.25, 0.3) is 0 Å². The lowest BCUT2D eigenvalue weighted by Crippen LogP contribution is -2.31. The Labute approximate surface area is 281 Å². The number of benzene rings is 6. The molecule has 0 radical (unpaired) electrons. The van der Waals surface area contributed by atoms with Gasteiger partial charge in [-0.3, -0.25) is 0 Å². The van der Waals surface area contributed by atoms with Crippen LogP contribution in [0, 0.1) is 0 Å². The van der Waals surface area contributed by atoms with Gasteiger partial charge >= 0.3 is 0 Å². The van der Waals surface area contributed by atoms with Crippen LogP contribution in [0.25, 0.3) is 5.70 Å². The normalized spacial score (nSPS) is 12.5. The van der Waals surface area contributed by atoms with E-state index in [2.05, 4.69) is 60.7 Å². The third kappa shape index (κ3) is 5.96. The smallest absolute Gasteiger partial charge is 0.132 e. The monoisotopic (exact) mass is 669 g/mol. The molecule has 226 valence electrons. The van der Waals surface area contributed by atoms with Crippen molar-refractivity contribution >= 4 is 79.0 Å². The van der Waals surface area contributed by atoms with Gasteiger partial charge < -0.3 is 11.5 Å². The fourth-order valence-corrected chi connectivity index (χ4v) is 13.9. The molecule has 6 aromatic carbocycles. The molecule has 0 aromatic heterocycles. The van der Waals surface area contributed by atoms with Crippen LogP contribution >= 0.6 is 12.1 Å². The molecule has 0 amide bonds. The molecule has 0 saturated carbocycles. The second-order valence-corrected chi connectivity index (χ2v) is 19.4. The first-order valence-corrected chi connectivity index (χ1v) is 20.5. The van der Waals surface area contributed by atoms with Gasteiger partial charge in [-0.1, -0.05) is 193 Å². The Morgan fingerprint density at radius 2 is 0.761 bits per heavy atom. The molecule has 6 rings (SSSR count). The van der Waals surface area contributed by atoms with Crippen LogP contribution in [0.5, 0.6) is 0 Å². The molecule has 0 bridgehead atoms. The Morgan fingerprint density at radius 3 is 1.13 bits per heavy atom. The summed E-state index contributed by atoms with van der Waals surface area (Å²) >= 11 is 13.4. The molecule has 46 heavy (non-hydrogen) atoms. The number of hydrogen-bond donors (Lipinski definition) is 2. The van der Waals surface area contributed by atoms with Crippen molar-refractivity contribution in [3.05, 3.63) is 187 Å². The van der Waals surface area contributed by atoms with Crippen molar-refractivity contribution in [2.75, 3.05) is 0 Å².